The number of carbonyl (C=O) groups excluding carboxylic acids is 4. The van der Waals surface area contributed by atoms with Gasteiger partial charge in [-0.05, 0) is 74.5 Å². The highest BCUT2D eigenvalue weighted by molar-refractivity contribution is 5.99. The Morgan fingerprint density at radius 2 is 0.983 bits per heavy atom. The lowest BCUT2D eigenvalue weighted by molar-refractivity contribution is -0.149. The summed E-state index contributed by atoms with van der Waals surface area (Å²) in [7, 11) is 2.77. The molecule has 0 aliphatic carbocycles. The number of carbonyl (C=O) groups is 4. The summed E-state index contributed by atoms with van der Waals surface area (Å²) in [6.45, 7) is 3.58. The van der Waals surface area contributed by atoms with Crippen LogP contribution in [0.5, 0.6) is 23.0 Å². The number of esters is 4. The van der Waals surface area contributed by atoms with E-state index in [1.165, 1.54) is 62.8 Å². The second-order valence-electron chi connectivity index (χ2n) is 13.1. The van der Waals surface area contributed by atoms with E-state index in [1.807, 2.05) is 26.0 Å². The van der Waals surface area contributed by atoms with Crippen molar-refractivity contribution in [1.82, 2.24) is 0 Å². The maximum atomic E-state index is 13.2. The molecular weight excluding hydrogens is 748 g/mol. The largest absolute Gasteiger partial charge is 0.496 e. The van der Waals surface area contributed by atoms with Crippen molar-refractivity contribution in [2.45, 2.75) is 38.3 Å². The standard InChI is InChI=1S/C44H36N2O12/c1-25-5-9-27(10-6-25)41(47)55-33-15-13-29(35(19-33)51-3)17-31(21-45)43(49)57-37-23-53-40-38(24-54-39(37)40)58-44(50)32(22-46)18-30-14-16-34(20-36(30)52-4)56-42(48)28-11-7-26(2)8-12-28/h5-20,37-40H,23-24H2,1-4H3/b31-17+,32-18+/t37-,38+,39-,40-/m1/s1. The molecule has 0 spiro atoms. The molecule has 2 heterocycles. The summed E-state index contributed by atoms with van der Waals surface area (Å²) in [6.07, 6.45) is -1.01. The number of rotatable bonds is 12. The molecule has 0 N–H and O–H groups in total. The van der Waals surface area contributed by atoms with Gasteiger partial charge in [0.25, 0.3) is 0 Å². The molecule has 0 aromatic heterocycles. The number of ether oxygens (including phenoxy) is 8. The van der Waals surface area contributed by atoms with Gasteiger partial charge in [0, 0.05) is 23.3 Å². The van der Waals surface area contributed by atoms with E-state index in [0.717, 1.165) is 11.1 Å². The summed E-state index contributed by atoms with van der Waals surface area (Å²) in [4.78, 5) is 51.5. The first-order valence-electron chi connectivity index (χ1n) is 17.8. The predicted octanol–water partition coefficient (Wildman–Crippen LogP) is 5.89. The Morgan fingerprint density at radius 1 is 0.603 bits per heavy atom. The van der Waals surface area contributed by atoms with Gasteiger partial charge in [0.05, 0.1) is 38.6 Å². The molecule has 0 saturated carbocycles. The van der Waals surface area contributed by atoms with Gasteiger partial charge in [0.15, 0.2) is 12.2 Å². The number of aryl methyl sites for hydroxylation is 2. The zero-order chi connectivity index (χ0) is 41.3. The van der Waals surface area contributed by atoms with Crippen LogP contribution in [0.4, 0.5) is 0 Å². The maximum Gasteiger partial charge on any atom is 0.349 e. The summed E-state index contributed by atoms with van der Waals surface area (Å²) in [6, 6.07) is 26.4. The van der Waals surface area contributed by atoms with E-state index in [-0.39, 0.29) is 47.4 Å². The van der Waals surface area contributed by atoms with E-state index in [4.69, 9.17) is 37.9 Å². The number of hydrogen-bond acceptors (Lipinski definition) is 14. The minimum absolute atomic E-state index is 0.114. The lowest BCUT2D eigenvalue weighted by atomic mass is 10.1. The van der Waals surface area contributed by atoms with Gasteiger partial charge in [-0.1, -0.05) is 35.4 Å². The molecule has 14 nitrogen and oxygen atoms in total. The van der Waals surface area contributed by atoms with Crippen LogP contribution in [0.2, 0.25) is 0 Å². The highest BCUT2D eigenvalue weighted by Gasteiger charge is 2.51. The Bertz CT molecular complexity index is 2200. The van der Waals surface area contributed by atoms with Crippen molar-refractivity contribution in [2.24, 2.45) is 0 Å². The molecule has 2 saturated heterocycles. The molecule has 0 unspecified atom stereocenters. The Balaban J connectivity index is 1.06. The third-order valence-electron chi connectivity index (χ3n) is 9.17. The molecule has 2 aliphatic rings. The quantitative estimate of drug-likeness (QED) is 0.0715. The van der Waals surface area contributed by atoms with Crippen molar-refractivity contribution in [1.29, 1.82) is 10.5 Å². The van der Waals surface area contributed by atoms with Crippen LogP contribution in [0, 0.1) is 36.5 Å². The van der Waals surface area contributed by atoms with Crippen molar-refractivity contribution >= 4 is 36.0 Å². The van der Waals surface area contributed by atoms with Crippen molar-refractivity contribution in [3.8, 4) is 35.1 Å². The second kappa shape index (κ2) is 18.1. The fraction of sp³-hybridized carbons (Fsp3) is 0.227. The van der Waals surface area contributed by atoms with Crippen molar-refractivity contribution < 1.29 is 57.1 Å². The van der Waals surface area contributed by atoms with Gasteiger partial charge in [0.2, 0.25) is 0 Å². The van der Waals surface area contributed by atoms with Crippen LogP contribution >= 0.6 is 0 Å². The molecular formula is C44H36N2O12. The number of methoxy groups -OCH3 is 2. The molecule has 58 heavy (non-hydrogen) atoms. The zero-order valence-corrected chi connectivity index (χ0v) is 31.8. The minimum atomic E-state index is -0.961. The summed E-state index contributed by atoms with van der Waals surface area (Å²) < 4.78 is 44.6. The van der Waals surface area contributed by atoms with Gasteiger partial charge in [-0.15, -0.1) is 0 Å². The fourth-order valence-electron chi connectivity index (χ4n) is 6.08. The summed E-state index contributed by atoms with van der Waals surface area (Å²) in [5, 5.41) is 19.7. The predicted molar refractivity (Wildman–Crippen MR) is 205 cm³/mol. The normalized spacial score (nSPS) is 18.5. The highest BCUT2D eigenvalue weighted by Crippen LogP contribution is 2.33. The number of nitriles is 2. The zero-order valence-electron chi connectivity index (χ0n) is 31.8. The smallest absolute Gasteiger partial charge is 0.349 e. The molecule has 14 heteroatoms. The first-order valence-corrected chi connectivity index (χ1v) is 17.8. The fourth-order valence-corrected chi connectivity index (χ4v) is 6.08. The first kappa shape index (κ1) is 40.4. The molecule has 0 radical (unpaired) electrons. The van der Waals surface area contributed by atoms with Gasteiger partial charge in [-0.3, -0.25) is 0 Å². The lowest BCUT2D eigenvalue weighted by Crippen LogP contribution is -2.36. The van der Waals surface area contributed by atoms with Crippen LogP contribution in [0.15, 0.2) is 96.1 Å². The molecule has 4 aromatic carbocycles. The second-order valence-corrected chi connectivity index (χ2v) is 13.1. The van der Waals surface area contributed by atoms with E-state index < -0.39 is 48.3 Å². The molecule has 2 fully saturated rings. The van der Waals surface area contributed by atoms with Gasteiger partial charge in [-0.25, -0.2) is 19.2 Å². The van der Waals surface area contributed by atoms with Crippen LogP contribution in [-0.2, 0) is 28.5 Å². The molecule has 6 rings (SSSR count). The van der Waals surface area contributed by atoms with E-state index >= 15 is 0 Å². The van der Waals surface area contributed by atoms with E-state index in [0.29, 0.717) is 22.3 Å². The number of benzene rings is 4. The number of fused-ring (bicyclic) bond motifs is 1. The van der Waals surface area contributed by atoms with Crippen LogP contribution < -0.4 is 18.9 Å². The SMILES string of the molecule is COc1cc(OC(=O)c2ccc(C)cc2)ccc1/C=C(\C#N)C(=O)O[C@H]1CO[C@H]2[C@@H]1OC[C@H]2OC(=O)/C(C#N)=C/c1ccc(OC(=O)c2ccc(C)cc2)cc1OC. The molecule has 0 amide bonds. The Kier molecular flexibility index (Phi) is 12.6. The van der Waals surface area contributed by atoms with Crippen LogP contribution in [0.25, 0.3) is 12.2 Å². The minimum Gasteiger partial charge on any atom is -0.496 e. The van der Waals surface area contributed by atoms with Crippen molar-refractivity contribution in [3.63, 3.8) is 0 Å². The summed E-state index contributed by atoms with van der Waals surface area (Å²) in [5.74, 6) is -2.23. The van der Waals surface area contributed by atoms with Gasteiger partial charge < -0.3 is 37.9 Å². The number of hydrogen-bond donors (Lipinski definition) is 0. The topological polar surface area (TPSA) is 190 Å². The Hall–Kier alpha value is -7.26. The monoisotopic (exact) mass is 784 g/mol. The molecule has 294 valence electrons. The molecule has 4 aromatic rings. The first-order chi connectivity index (χ1) is 28.0. The third-order valence-corrected chi connectivity index (χ3v) is 9.17. The van der Waals surface area contributed by atoms with Crippen molar-refractivity contribution in [2.75, 3.05) is 27.4 Å². The molecule has 2 aliphatic heterocycles. The average molecular weight is 785 g/mol. The van der Waals surface area contributed by atoms with E-state index in [1.54, 1.807) is 48.5 Å². The summed E-state index contributed by atoms with van der Waals surface area (Å²) >= 11 is 0. The number of nitrogens with zero attached hydrogens (tertiary/aromatic N) is 2. The van der Waals surface area contributed by atoms with Gasteiger partial charge >= 0.3 is 23.9 Å². The van der Waals surface area contributed by atoms with Gasteiger partial charge in [0.1, 0.15) is 58.5 Å². The Morgan fingerprint density at radius 3 is 1.33 bits per heavy atom. The molecule has 4 atom stereocenters. The molecule has 0 bridgehead atoms. The van der Waals surface area contributed by atoms with Gasteiger partial charge in [-0.2, -0.15) is 10.5 Å². The Labute approximate surface area is 333 Å². The third kappa shape index (κ3) is 9.39. The lowest BCUT2D eigenvalue weighted by Gasteiger charge is -2.17. The van der Waals surface area contributed by atoms with Crippen molar-refractivity contribution in [3.05, 3.63) is 129 Å². The van der Waals surface area contributed by atoms with Crippen LogP contribution in [0.3, 0.4) is 0 Å². The van der Waals surface area contributed by atoms with E-state index in [2.05, 4.69) is 0 Å². The maximum absolute atomic E-state index is 13.2. The van der Waals surface area contributed by atoms with Crippen LogP contribution in [0.1, 0.15) is 43.0 Å². The summed E-state index contributed by atoms with van der Waals surface area (Å²) in [5.41, 5.74) is 2.67. The van der Waals surface area contributed by atoms with E-state index in [9.17, 15) is 29.7 Å². The average Bonchev–Trinajstić information content (AvgIpc) is 3.82. The highest BCUT2D eigenvalue weighted by atomic mass is 16.7. The van der Waals surface area contributed by atoms with Crippen LogP contribution in [-0.4, -0.2) is 75.7 Å².